The molecule has 162 valence electrons. The van der Waals surface area contributed by atoms with Gasteiger partial charge in [-0.2, -0.15) is 0 Å². The predicted molar refractivity (Wildman–Crippen MR) is 118 cm³/mol. The monoisotopic (exact) mass is 419 g/mol. The van der Waals surface area contributed by atoms with Gasteiger partial charge in [-0.1, -0.05) is 29.4 Å². The average Bonchev–Trinajstić information content (AvgIpc) is 3.24. The molecule has 31 heavy (non-hydrogen) atoms. The van der Waals surface area contributed by atoms with Crippen LogP contribution >= 0.6 is 0 Å². The first-order valence-electron chi connectivity index (χ1n) is 10.9. The summed E-state index contributed by atoms with van der Waals surface area (Å²) < 4.78 is 11.2. The Balaban J connectivity index is 1.49. The molecule has 0 bridgehead atoms. The van der Waals surface area contributed by atoms with Crippen molar-refractivity contribution in [1.82, 2.24) is 15.0 Å². The zero-order chi connectivity index (χ0) is 21.7. The number of carbonyl (C=O) groups excluding carboxylic acids is 1. The number of hydrogen-bond acceptors (Lipinski definition) is 6. The Kier molecular flexibility index (Phi) is 6.47. The maximum atomic E-state index is 13.0. The van der Waals surface area contributed by atoms with Gasteiger partial charge in [0.1, 0.15) is 11.5 Å². The van der Waals surface area contributed by atoms with Crippen LogP contribution in [0.4, 0.5) is 0 Å². The Morgan fingerprint density at radius 2 is 1.90 bits per heavy atom. The lowest BCUT2D eigenvalue weighted by Crippen LogP contribution is -2.46. The predicted octanol–water partition coefficient (Wildman–Crippen LogP) is 4.43. The van der Waals surface area contributed by atoms with Crippen molar-refractivity contribution in [2.75, 3.05) is 19.7 Å². The maximum Gasteiger partial charge on any atom is 0.312 e. The first-order chi connectivity index (χ1) is 15.1. The smallest absolute Gasteiger partial charge is 0.312 e. The van der Waals surface area contributed by atoms with Crippen LogP contribution in [0.1, 0.15) is 36.7 Å². The molecule has 0 N–H and O–H groups in total. The fourth-order valence-corrected chi connectivity index (χ4v) is 4.34. The number of carbonyl (C=O) groups is 1. The molecular weight excluding hydrogens is 390 g/mol. The molecule has 1 aliphatic heterocycles. The van der Waals surface area contributed by atoms with E-state index in [1.807, 2.05) is 55.7 Å². The number of esters is 1. The number of aryl methyl sites for hydroxylation is 1. The summed E-state index contributed by atoms with van der Waals surface area (Å²) in [6.45, 7) is 6.82. The topological polar surface area (TPSA) is 68.5 Å². The van der Waals surface area contributed by atoms with Crippen LogP contribution in [0.2, 0.25) is 0 Å². The lowest BCUT2D eigenvalue weighted by molar-refractivity contribution is -0.159. The third kappa shape index (κ3) is 4.85. The summed E-state index contributed by atoms with van der Waals surface area (Å²) in [5.74, 6) is 0.598. The molecule has 2 aromatic heterocycles. The van der Waals surface area contributed by atoms with Crippen LogP contribution in [-0.4, -0.2) is 40.7 Å². The summed E-state index contributed by atoms with van der Waals surface area (Å²) in [6.07, 6.45) is 5.61. The molecule has 3 aromatic rings. The molecule has 0 saturated carbocycles. The highest BCUT2D eigenvalue weighted by molar-refractivity contribution is 5.77. The first kappa shape index (κ1) is 21.2. The quantitative estimate of drug-likeness (QED) is 0.528. The number of aromatic nitrogens is 2. The van der Waals surface area contributed by atoms with Gasteiger partial charge < -0.3 is 9.26 Å². The van der Waals surface area contributed by atoms with Gasteiger partial charge in [-0.25, -0.2) is 0 Å². The average molecular weight is 420 g/mol. The number of ether oxygens (including phenoxy) is 1. The van der Waals surface area contributed by atoms with Gasteiger partial charge in [0, 0.05) is 37.0 Å². The third-order valence-electron chi connectivity index (χ3n) is 6.17. The van der Waals surface area contributed by atoms with E-state index in [0.717, 1.165) is 55.1 Å². The van der Waals surface area contributed by atoms with Crippen molar-refractivity contribution in [1.29, 1.82) is 0 Å². The minimum Gasteiger partial charge on any atom is -0.466 e. The van der Waals surface area contributed by atoms with Gasteiger partial charge >= 0.3 is 5.97 Å². The molecule has 3 heterocycles. The Bertz CT molecular complexity index is 1010. The van der Waals surface area contributed by atoms with Gasteiger partial charge in [0.15, 0.2) is 0 Å². The summed E-state index contributed by atoms with van der Waals surface area (Å²) in [7, 11) is 0. The van der Waals surface area contributed by atoms with E-state index in [9.17, 15) is 4.79 Å². The van der Waals surface area contributed by atoms with Gasteiger partial charge in [-0.05, 0) is 63.0 Å². The van der Waals surface area contributed by atoms with Crippen molar-refractivity contribution in [2.24, 2.45) is 5.41 Å². The number of pyridine rings is 1. The maximum absolute atomic E-state index is 13.0. The molecule has 0 aliphatic carbocycles. The fraction of sp³-hybridized carbons (Fsp3) is 0.400. The van der Waals surface area contributed by atoms with E-state index < -0.39 is 5.41 Å². The van der Waals surface area contributed by atoms with Crippen molar-refractivity contribution < 1.29 is 14.1 Å². The Labute approximate surface area is 183 Å². The molecule has 6 nitrogen and oxygen atoms in total. The van der Waals surface area contributed by atoms with Gasteiger partial charge in [0.2, 0.25) is 0 Å². The number of benzene rings is 1. The highest BCUT2D eigenvalue weighted by atomic mass is 16.5. The largest absolute Gasteiger partial charge is 0.466 e. The summed E-state index contributed by atoms with van der Waals surface area (Å²) in [4.78, 5) is 19.5. The summed E-state index contributed by atoms with van der Waals surface area (Å²) >= 11 is 0. The Morgan fingerprint density at radius 3 is 2.61 bits per heavy atom. The van der Waals surface area contributed by atoms with Crippen molar-refractivity contribution in [3.8, 4) is 11.3 Å². The van der Waals surface area contributed by atoms with Crippen LogP contribution in [-0.2, 0) is 22.5 Å². The minimum atomic E-state index is -0.576. The zero-order valence-corrected chi connectivity index (χ0v) is 18.2. The van der Waals surface area contributed by atoms with Crippen LogP contribution in [0.15, 0.2) is 59.4 Å². The standard InChI is InChI=1S/C25H29N3O3/c1-3-30-24(29)25(10-14-28(15-11-25)18-20-8-12-26-13-9-20)17-21-16-23(27-31-21)22-7-5-4-6-19(22)2/h4-9,12-13,16H,3,10-11,14-15,17-18H2,1-2H3. The lowest BCUT2D eigenvalue weighted by atomic mass is 9.74. The molecule has 1 saturated heterocycles. The van der Waals surface area contributed by atoms with Gasteiger partial charge in [-0.15, -0.1) is 0 Å². The second-order valence-electron chi connectivity index (χ2n) is 8.30. The van der Waals surface area contributed by atoms with E-state index >= 15 is 0 Å². The number of rotatable bonds is 7. The molecule has 0 spiro atoms. The Hall–Kier alpha value is -2.99. The van der Waals surface area contributed by atoms with Crippen LogP contribution in [0, 0.1) is 12.3 Å². The second-order valence-corrected chi connectivity index (χ2v) is 8.30. The van der Waals surface area contributed by atoms with Crippen LogP contribution in [0.5, 0.6) is 0 Å². The molecule has 0 unspecified atom stereocenters. The molecule has 0 radical (unpaired) electrons. The van der Waals surface area contributed by atoms with E-state index in [1.54, 1.807) is 0 Å². The summed E-state index contributed by atoms with van der Waals surface area (Å²) in [5, 5.41) is 4.28. The van der Waals surface area contributed by atoms with Crippen molar-refractivity contribution in [2.45, 2.75) is 39.7 Å². The van der Waals surface area contributed by atoms with Crippen molar-refractivity contribution >= 4 is 5.97 Å². The molecule has 1 aliphatic rings. The SMILES string of the molecule is CCOC(=O)C1(Cc2cc(-c3ccccc3C)no2)CCN(Cc2ccncc2)CC1. The molecule has 0 atom stereocenters. The number of piperidine rings is 1. The normalized spacial score (nSPS) is 16.2. The van der Waals surface area contributed by atoms with Crippen LogP contribution in [0.3, 0.4) is 0 Å². The van der Waals surface area contributed by atoms with Gasteiger partial charge in [0.25, 0.3) is 0 Å². The highest BCUT2D eigenvalue weighted by Crippen LogP contribution is 2.38. The van der Waals surface area contributed by atoms with Gasteiger partial charge in [-0.3, -0.25) is 14.7 Å². The van der Waals surface area contributed by atoms with E-state index in [0.29, 0.717) is 13.0 Å². The number of nitrogens with zero attached hydrogens (tertiary/aromatic N) is 3. The van der Waals surface area contributed by atoms with E-state index in [-0.39, 0.29) is 5.97 Å². The molecule has 6 heteroatoms. The van der Waals surface area contributed by atoms with E-state index in [2.05, 4.69) is 28.0 Å². The molecule has 0 amide bonds. The molecule has 1 aromatic carbocycles. The second kappa shape index (κ2) is 9.43. The van der Waals surface area contributed by atoms with Crippen molar-refractivity contribution in [3.63, 3.8) is 0 Å². The molecule has 1 fully saturated rings. The Morgan fingerprint density at radius 1 is 1.16 bits per heavy atom. The van der Waals surface area contributed by atoms with Gasteiger partial charge in [0.05, 0.1) is 12.0 Å². The zero-order valence-electron chi connectivity index (χ0n) is 18.2. The van der Waals surface area contributed by atoms with Crippen LogP contribution < -0.4 is 0 Å². The molecule has 4 rings (SSSR count). The van der Waals surface area contributed by atoms with Crippen LogP contribution in [0.25, 0.3) is 11.3 Å². The first-order valence-corrected chi connectivity index (χ1v) is 10.9. The number of likely N-dealkylation sites (tertiary alicyclic amines) is 1. The summed E-state index contributed by atoms with van der Waals surface area (Å²) in [5.41, 5.74) is 3.66. The highest BCUT2D eigenvalue weighted by Gasteiger charge is 2.43. The minimum absolute atomic E-state index is 0.132. The third-order valence-corrected chi connectivity index (χ3v) is 6.17. The summed E-state index contributed by atoms with van der Waals surface area (Å²) in [6, 6.07) is 14.1. The van der Waals surface area contributed by atoms with Crippen molar-refractivity contribution in [3.05, 3.63) is 71.7 Å². The fourth-order valence-electron chi connectivity index (χ4n) is 4.34. The molecular formula is C25H29N3O3. The number of hydrogen-bond donors (Lipinski definition) is 0. The lowest BCUT2D eigenvalue weighted by Gasteiger charge is -2.39. The van der Waals surface area contributed by atoms with E-state index in [1.165, 1.54) is 5.56 Å². The van der Waals surface area contributed by atoms with E-state index in [4.69, 9.17) is 9.26 Å².